The molecule has 1 atom stereocenters. The molecule has 0 fully saturated rings. The molecular weight excluding hydrogens is 320 g/mol. The largest absolute Gasteiger partial charge is 0.485 e. The monoisotopic (exact) mass is 344 g/mol. The molecule has 1 aromatic heterocycles. The second-order valence-electron chi connectivity index (χ2n) is 6.06. The van der Waals surface area contributed by atoms with Crippen molar-refractivity contribution < 1.29 is 19.1 Å². The Labute approximate surface area is 147 Å². The minimum absolute atomic E-state index is 0.0706. The Morgan fingerprint density at radius 1 is 1.20 bits per heavy atom. The molecule has 1 aromatic carbocycles. The number of hydrogen-bond acceptors (Lipinski definition) is 4. The molecule has 0 saturated carbocycles. The van der Waals surface area contributed by atoms with E-state index in [0.717, 1.165) is 11.4 Å². The maximum Gasteiger partial charge on any atom is 0.248 e. The van der Waals surface area contributed by atoms with Crippen LogP contribution in [0.2, 0.25) is 0 Å². The van der Waals surface area contributed by atoms with Crippen LogP contribution < -0.4 is 10.5 Å². The number of carbonyl (C=O) groups is 2. The van der Waals surface area contributed by atoms with Crippen molar-refractivity contribution in [3.05, 3.63) is 52.8 Å². The van der Waals surface area contributed by atoms with Gasteiger partial charge in [0.2, 0.25) is 11.7 Å². The predicted molar refractivity (Wildman–Crippen MR) is 95.3 cm³/mol. The fourth-order valence-corrected chi connectivity index (χ4v) is 3.00. The number of rotatable bonds is 8. The highest BCUT2D eigenvalue weighted by molar-refractivity contribution is 5.98. The number of aromatic nitrogens is 1. The van der Waals surface area contributed by atoms with Crippen molar-refractivity contribution in [1.29, 1.82) is 0 Å². The van der Waals surface area contributed by atoms with Crippen LogP contribution in [0.3, 0.4) is 0 Å². The Balaban J connectivity index is 2.08. The van der Waals surface area contributed by atoms with Gasteiger partial charge in [0, 0.05) is 29.6 Å². The van der Waals surface area contributed by atoms with Crippen molar-refractivity contribution >= 4 is 11.7 Å². The number of methoxy groups -OCH3 is 1. The number of ketones is 1. The van der Waals surface area contributed by atoms with Crippen molar-refractivity contribution in [2.45, 2.75) is 26.8 Å². The van der Waals surface area contributed by atoms with Crippen molar-refractivity contribution in [3.63, 3.8) is 0 Å². The molecule has 2 aromatic rings. The first-order valence-corrected chi connectivity index (χ1v) is 8.08. The van der Waals surface area contributed by atoms with Crippen LogP contribution in [-0.4, -0.2) is 36.6 Å². The minimum atomic E-state index is -0.500. The zero-order valence-electron chi connectivity index (χ0n) is 15.0. The molecule has 0 aliphatic heterocycles. The maximum absolute atomic E-state index is 12.5. The lowest BCUT2D eigenvalue weighted by Crippen LogP contribution is -2.16. The molecule has 0 saturated heterocycles. The van der Waals surface area contributed by atoms with Crippen LogP contribution in [0.1, 0.15) is 45.1 Å². The number of ether oxygens (including phenoxy) is 2. The van der Waals surface area contributed by atoms with Crippen LogP contribution in [0.15, 0.2) is 30.3 Å². The first kappa shape index (κ1) is 18.7. The molecule has 6 heteroatoms. The molecule has 1 heterocycles. The van der Waals surface area contributed by atoms with Crippen LogP contribution in [0.5, 0.6) is 5.75 Å². The summed E-state index contributed by atoms with van der Waals surface area (Å²) < 4.78 is 12.8. The number of nitrogens with zero attached hydrogens (tertiary/aromatic N) is 1. The van der Waals surface area contributed by atoms with Gasteiger partial charge in [0.1, 0.15) is 5.75 Å². The summed E-state index contributed by atoms with van der Waals surface area (Å²) in [6, 6.07) is 8.41. The summed E-state index contributed by atoms with van der Waals surface area (Å²) in [5.41, 5.74) is 8.15. The van der Waals surface area contributed by atoms with Crippen LogP contribution in [-0.2, 0) is 4.74 Å². The second kappa shape index (κ2) is 7.98. The number of aryl methyl sites for hydroxylation is 1. The molecular formula is C19H24N2O4. The summed E-state index contributed by atoms with van der Waals surface area (Å²) in [5.74, 6) is -0.0805. The lowest BCUT2D eigenvalue weighted by atomic mass is 10.1. The van der Waals surface area contributed by atoms with Crippen molar-refractivity contribution in [3.8, 4) is 5.75 Å². The fourth-order valence-electron chi connectivity index (χ4n) is 3.00. The fraction of sp³-hybridized carbons (Fsp3) is 0.368. The predicted octanol–water partition coefficient (Wildman–Crippen LogP) is 2.67. The van der Waals surface area contributed by atoms with E-state index in [2.05, 4.69) is 11.5 Å². The molecule has 0 bridgehead atoms. The molecule has 2 N–H and O–H groups in total. The van der Waals surface area contributed by atoms with E-state index in [4.69, 9.17) is 15.2 Å². The van der Waals surface area contributed by atoms with E-state index >= 15 is 0 Å². The van der Waals surface area contributed by atoms with Gasteiger partial charge in [-0.15, -0.1) is 0 Å². The minimum Gasteiger partial charge on any atom is -0.485 e. The van der Waals surface area contributed by atoms with Gasteiger partial charge in [-0.25, -0.2) is 0 Å². The zero-order chi connectivity index (χ0) is 18.6. The Morgan fingerprint density at radius 2 is 1.84 bits per heavy atom. The summed E-state index contributed by atoms with van der Waals surface area (Å²) in [4.78, 5) is 23.6. The van der Waals surface area contributed by atoms with Crippen LogP contribution >= 0.6 is 0 Å². The Morgan fingerprint density at radius 3 is 2.40 bits per heavy atom. The lowest BCUT2D eigenvalue weighted by molar-refractivity contribution is 0.0919. The highest BCUT2D eigenvalue weighted by Crippen LogP contribution is 2.21. The van der Waals surface area contributed by atoms with Crippen molar-refractivity contribution in [2.75, 3.05) is 20.3 Å². The number of hydrogen-bond donors (Lipinski definition) is 1. The molecule has 0 radical (unpaired) electrons. The molecule has 0 aliphatic rings. The topological polar surface area (TPSA) is 83.6 Å². The third-order valence-electron chi connectivity index (χ3n) is 4.14. The van der Waals surface area contributed by atoms with Gasteiger partial charge in [-0.05, 0) is 51.1 Å². The van der Waals surface area contributed by atoms with E-state index in [0.29, 0.717) is 23.5 Å². The second-order valence-corrected chi connectivity index (χ2v) is 6.06. The van der Waals surface area contributed by atoms with Gasteiger partial charge < -0.3 is 19.8 Å². The van der Waals surface area contributed by atoms with Gasteiger partial charge in [-0.2, -0.15) is 0 Å². The van der Waals surface area contributed by atoms with E-state index in [-0.39, 0.29) is 18.4 Å². The van der Waals surface area contributed by atoms with Gasteiger partial charge in [-0.3, -0.25) is 9.59 Å². The summed E-state index contributed by atoms with van der Waals surface area (Å²) >= 11 is 0. The smallest absolute Gasteiger partial charge is 0.248 e. The highest BCUT2D eigenvalue weighted by Gasteiger charge is 2.19. The van der Waals surface area contributed by atoms with E-state index in [1.54, 1.807) is 31.4 Å². The highest BCUT2D eigenvalue weighted by atomic mass is 16.5. The molecule has 2 rings (SSSR count). The summed E-state index contributed by atoms with van der Waals surface area (Å²) in [7, 11) is 1.66. The number of amides is 1. The number of carbonyl (C=O) groups excluding carboxylic acids is 2. The van der Waals surface area contributed by atoms with E-state index < -0.39 is 5.91 Å². The molecule has 6 nitrogen and oxygen atoms in total. The van der Waals surface area contributed by atoms with Crippen LogP contribution in [0, 0.1) is 13.8 Å². The Kier molecular flexibility index (Phi) is 5.98. The molecule has 25 heavy (non-hydrogen) atoms. The summed E-state index contributed by atoms with van der Waals surface area (Å²) in [6.45, 7) is 6.45. The maximum atomic E-state index is 12.5. The third-order valence-corrected chi connectivity index (χ3v) is 4.14. The van der Waals surface area contributed by atoms with Gasteiger partial charge >= 0.3 is 0 Å². The Bertz CT molecular complexity index is 762. The van der Waals surface area contributed by atoms with Crippen LogP contribution in [0.25, 0.3) is 0 Å². The van der Waals surface area contributed by atoms with Gasteiger partial charge in [-0.1, -0.05) is 0 Å². The zero-order valence-corrected chi connectivity index (χ0v) is 15.0. The molecule has 1 amide bonds. The number of primary amides is 1. The first-order chi connectivity index (χ1) is 11.8. The summed E-state index contributed by atoms with van der Waals surface area (Å²) in [5, 5.41) is 0. The quantitative estimate of drug-likeness (QED) is 0.746. The number of benzene rings is 1. The van der Waals surface area contributed by atoms with Gasteiger partial charge in [0.05, 0.1) is 12.6 Å². The van der Waals surface area contributed by atoms with Gasteiger partial charge in [0.15, 0.2) is 6.61 Å². The van der Waals surface area contributed by atoms with E-state index in [9.17, 15) is 9.59 Å². The molecule has 0 unspecified atom stereocenters. The molecule has 0 spiro atoms. The third kappa shape index (κ3) is 4.28. The normalized spacial score (nSPS) is 12.0. The summed E-state index contributed by atoms with van der Waals surface area (Å²) in [6.07, 6.45) is 0. The first-order valence-electron chi connectivity index (χ1n) is 8.08. The van der Waals surface area contributed by atoms with Crippen molar-refractivity contribution in [2.24, 2.45) is 5.73 Å². The standard InChI is InChI=1S/C19H24N2O4/c1-12-9-17(14(3)21(12)13(2)10-24-4)18(22)11-25-16-7-5-15(6-8-16)19(20)23/h5-9,13H,10-11H2,1-4H3,(H2,20,23)/t13-/m0/s1. The lowest BCUT2D eigenvalue weighted by Gasteiger charge is -2.17. The Hall–Kier alpha value is -2.60. The molecule has 0 aliphatic carbocycles. The van der Waals surface area contributed by atoms with Crippen LogP contribution in [0.4, 0.5) is 0 Å². The SMILES string of the molecule is COC[C@H](C)n1c(C)cc(C(=O)COc2ccc(C(N)=O)cc2)c1C. The van der Waals surface area contributed by atoms with E-state index in [1.165, 1.54) is 0 Å². The number of nitrogens with two attached hydrogens (primary N) is 1. The van der Waals surface area contributed by atoms with E-state index in [1.807, 2.05) is 19.9 Å². The average molecular weight is 344 g/mol. The van der Waals surface area contributed by atoms with Gasteiger partial charge in [0.25, 0.3) is 0 Å². The molecule has 134 valence electrons. The van der Waals surface area contributed by atoms with Crippen molar-refractivity contribution in [1.82, 2.24) is 4.57 Å². The average Bonchev–Trinajstić information content (AvgIpc) is 2.88. The number of Topliss-reactive ketones (excluding diaryl/α,β-unsaturated/α-hetero) is 1.